The molecule has 1 heterocycles. The largest absolute Gasteiger partial charge is 0.339 e. The summed E-state index contributed by atoms with van der Waals surface area (Å²) in [6, 6.07) is 6.06. The predicted octanol–water partition coefficient (Wildman–Crippen LogP) is 4.12. The van der Waals surface area contributed by atoms with Crippen molar-refractivity contribution in [2.45, 2.75) is 39.5 Å². The molecule has 0 aliphatic heterocycles. The van der Waals surface area contributed by atoms with E-state index in [0.717, 1.165) is 47.8 Å². The van der Waals surface area contributed by atoms with Gasteiger partial charge in [-0.1, -0.05) is 34.4 Å². The van der Waals surface area contributed by atoms with E-state index in [4.69, 9.17) is 10.3 Å². The van der Waals surface area contributed by atoms with Crippen LogP contribution in [0.3, 0.4) is 0 Å². The summed E-state index contributed by atoms with van der Waals surface area (Å²) in [6.45, 7) is 4.99. The van der Waals surface area contributed by atoms with Gasteiger partial charge in [0.25, 0.3) is 0 Å². The van der Waals surface area contributed by atoms with Crippen LogP contribution in [0.4, 0.5) is 0 Å². The monoisotopic (exact) mass is 351 g/mol. The number of benzene rings is 1. The summed E-state index contributed by atoms with van der Waals surface area (Å²) in [6.07, 6.45) is 4.07. The minimum atomic E-state index is 0.639. The van der Waals surface area contributed by atoms with Crippen LogP contribution in [0, 0.1) is 12.8 Å². The highest BCUT2D eigenvalue weighted by Crippen LogP contribution is 2.24. The van der Waals surface area contributed by atoms with Gasteiger partial charge in [0.2, 0.25) is 11.7 Å². The van der Waals surface area contributed by atoms with Gasteiger partial charge in [0.05, 0.1) is 0 Å². The van der Waals surface area contributed by atoms with Crippen LogP contribution in [0.15, 0.2) is 27.2 Å². The molecule has 0 amide bonds. The molecule has 1 aromatic heterocycles. The van der Waals surface area contributed by atoms with Crippen LogP contribution in [0.1, 0.15) is 37.6 Å². The molecule has 5 heteroatoms. The van der Waals surface area contributed by atoms with Crippen molar-refractivity contribution < 1.29 is 4.52 Å². The number of hydrogen-bond donors (Lipinski definition) is 1. The van der Waals surface area contributed by atoms with Crippen LogP contribution in [0.2, 0.25) is 0 Å². The first kappa shape index (κ1) is 16.2. The Hall–Kier alpha value is -1.20. The van der Waals surface area contributed by atoms with Crippen LogP contribution in [-0.2, 0) is 6.42 Å². The lowest BCUT2D eigenvalue weighted by Gasteiger charge is -2.11. The quantitative estimate of drug-likeness (QED) is 0.814. The Morgan fingerprint density at radius 2 is 2.14 bits per heavy atom. The Labute approximate surface area is 134 Å². The molecule has 0 fully saturated rings. The Bertz CT molecular complexity index is 583. The van der Waals surface area contributed by atoms with E-state index in [1.54, 1.807) is 0 Å². The minimum absolute atomic E-state index is 0.639. The molecule has 0 saturated heterocycles. The summed E-state index contributed by atoms with van der Waals surface area (Å²) in [4.78, 5) is 4.51. The molecule has 0 aliphatic rings. The van der Waals surface area contributed by atoms with Gasteiger partial charge in [0, 0.05) is 16.5 Å². The zero-order chi connectivity index (χ0) is 15.2. The van der Waals surface area contributed by atoms with Crippen LogP contribution < -0.4 is 5.73 Å². The third-order valence-corrected chi connectivity index (χ3v) is 4.31. The third kappa shape index (κ3) is 4.38. The molecular formula is C16H22BrN3O. The zero-order valence-corrected chi connectivity index (χ0v) is 14.2. The average molecular weight is 352 g/mol. The first-order valence-corrected chi connectivity index (χ1v) is 8.22. The molecule has 0 bridgehead atoms. The lowest BCUT2D eigenvalue weighted by molar-refractivity contribution is 0.354. The molecule has 114 valence electrons. The first-order chi connectivity index (χ1) is 10.1. The highest BCUT2D eigenvalue weighted by Gasteiger charge is 2.13. The number of nitrogens with zero attached hydrogens (tertiary/aromatic N) is 2. The number of hydrogen-bond acceptors (Lipinski definition) is 4. The second-order valence-electron chi connectivity index (χ2n) is 5.36. The molecule has 2 aromatic rings. The van der Waals surface area contributed by atoms with E-state index in [9.17, 15) is 0 Å². The molecule has 1 aromatic carbocycles. The van der Waals surface area contributed by atoms with Crippen molar-refractivity contribution in [3.05, 3.63) is 34.1 Å². The summed E-state index contributed by atoms with van der Waals surface area (Å²) in [7, 11) is 0. The molecule has 0 saturated carbocycles. The summed E-state index contributed by atoms with van der Waals surface area (Å²) in [5, 5.41) is 4.10. The molecule has 4 nitrogen and oxygen atoms in total. The molecule has 21 heavy (non-hydrogen) atoms. The highest BCUT2D eigenvalue weighted by atomic mass is 79.9. The molecule has 0 aliphatic carbocycles. The third-order valence-electron chi connectivity index (χ3n) is 3.82. The minimum Gasteiger partial charge on any atom is -0.339 e. The van der Waals surface area contributed by atoms with E-state index < -0.39 is 0 Å². The van der Waals surface area contributed by atoms with Gasteiger partial charge in [-0.25, -0.2) is 0 Å². The molecular weight excluding hydrogens is 330 g/mol. The number of halogens is 1. The predicted molar refractivity (Wildman–Crippen MR) is 87.9 cm³/mol. The van der Waals surface area contributed by atoms with Crippen LogP contribution in [0.5, 0.6) is 0 Å². The maximum atomic E-state index is 5.63. The Kier molecular flexibility index (Phi) is 5.94. The lowest BCUT2D eigenvalue weighted by Crippen LogP contribution is -2.09. The number of nitrogens with two attached hydrogens (primary N) is 1. The maximum Gasteiger partial charge on any atom is 0.226 e. The molecule has 1 unspecified atom stereocenters. The van der Waals surface area contributed by atoms with Gasteiger partial charge < -0.3 is 10.3 Å². The molecule has 0 spiro atoms. The van der Waals surface area contributed by atoms with Gasteiger partial charge in [-0.2, -0.15) is 4.98 Å². The Morgan fingerprint density at radius 3 is 2.81 bits per heavy atom. The van der Waals surface area contributed by atoms with E-state index in [1.807, 2.05) is 19.1 Å². The zero-order valence-electron chi connectivity index (χ0n) is 12.6. The Balaban J connectivity index is 2.04. The van der Waals surface area contributed by atoms with Crippen LogP contribution >= 0.6 is 15.9 Å². The molecule has 0 radical (unpaired) electrons. The van der Waals surface area contributed by atoms with Crippen molar-refractivity contribution >= 4 is 15.9 Å². The van der Waals surface area contributed by atoms with Gasteiger partial charge in [-0.05, 0) is 56.0 Å². The topological polar surface area (TPSA) is 64.9 Å². The van der Waals surface area contributed by atoms with Crippen molar-refractivity contribution in [1.82, 2.24) is 10.1 Å². The maximum absolute atomic E-state index is 5.63. The van der Waals surface area contributed by atoms with E-state index in [0.29, 0.717) is 17.6 Å². The number of aromatic nitrogens is 2. The summed E-state index contributed by atoms with van der Waals surface area (Å²) < 4.78 is 6.43. The second kappa shape index (κ2) is 7.71. The van der Waals surface area contributed by atoms with Crippen molar-refractivity contribution in [1.29, 1.82) is 0 Å². The fourth-order valence-electron chi connectivity index (χ4n) is 2.46. The molecule has 2 N–H and O–H groups in total. The smallest absolute Gasteiger partial charge is 0.226 e. The van der Waals surface area contributed by atoms with Gasteiger partial charge in [-0.3, -0.25) is 0 Å². The second-order valence-corrected chi connectivity index (χ2v) is 6.28. The summed E-state index contributed by atoms with van der Waals surface area (Å²) in [5.74, 6) is 2.02. The van der Waals surface area contributed by atoms with E-state index in [2.05, 4.69) is 39.1 Å². The van der Waals surface area contributed by atoms with E-state index >= 15 is 0 Å². The first-order valence-electron chi connectivity index (χ1n) is 7.43. The SMILES string of the molecule is CCC(CCN)CCc1nc(-c2ccc(Br)cc2C)no1. The van der Waals surface area contributed by atoms with Crippen molar-refractivity contribution in [2.75, 3.05) is 6.54 Å². The summed E-state index contributed by atoms with van der Waals surface area (Å²) >= 11 is 3.46. The van der Waals surface area contributed by atoms with Gasteiger partial charge in [0.1, 0.15) is 0 Å². The highest BCUT2D eigenvalue weighted by molar-refractivity contribution is 9.10. The van der Waals surface area contributed by atoms with Gasteiger partial charge in [0.15, 0.2) is 0 Å². The van der Waals surface area contributed by atoms with Gasteiger partial charge >= 0.3 is 0 Å². The number of rotatable bonds is 7. The van der Waals surface area contributed by atoms with E-state index in [1.165, 1.54) is 0 Å². The normalized spacial score (nSPS) is 12.6. The lowest BCUT2D eigenvalue weighted by atomic mass is 9.97. The van der Waals surface area contributed by atoms with Crippen molar-refractivity contribution in [2.24, 2.45) is 11.7 Å². The standard InChI is InChI=1S/C16H22BrN3O/c1-3-12(8-9-18)4-7-15-19-16(20-21-15)14-6-5-13(17)10-11(14)2/h5-6,10,12H,3-4,7-9,18H2,1-2H3. The molecule has 1 atom stereocenters. The number of aryl methyl sites for hydroxylation is 2. The fraction of sp³-hybridized carbons (Fsp3) is 0.500. The van der Waals surface area contributed by atoms with E-state index in [-0.39, 0.29) is 0 Å². The van der Waals surface area contributed by atoms with Gasteiger partial charge in [-0.15, -0.1) is 0 Å². The summed E-state index contributed by atoms with van der Waals surface area (Å²) in [5.41, 5.74) is 7.77. The van der Waals surface area contributed by atoms with Crippen molar-refractivity contribution in [3.8, 4) is 11.4 Å². The van der Waals surface area contributed by atoms with Crippen molar-refractivity contribution in [3.63, 3.8) is 0 Å². The average Bonchev–Trinajstić information content (AvgIpc) is 2.92. The van der Waals surface area contributed by atoms with Crippen LogP contribution in [0.25, 0.3) is 11.4 Å². The fourth-order valence-corrected chi connectivity index (χ4v) is 2.94. The Morgan fingerprint density at radius 1 is 1.33 bits per heavy atom. The van der Waals surface area contributed by atoms with Crippen LogP contribution in [-0.4, -0.2) is 16.7 Å². The molecule has 2 rings (SSSR count).